The SMILES string of the molecule is CC(=O)N(c1cccc(Cl)c1)c1nc(COC(=O)c2sccc2C)cs1. The number of thiazole rings is 1. The number of aromatic nitrogens is 1. The van der Waals surface area contributed by atoms with Crippen LogP contribution in [0.1, 0.15) is 27.9 Å². The Kier molecular flexibility index (Phi) is 5.70. The zero-order valence-corrected chi connectivity index (χ0v) is 16.5. The van der Waals surface area contributed by atoms with Crippen molar-refractivity contribution >= 4 is 57.0 Å². The van der Waals surface area contributed by atoms with Crippen LogP contribution in [-0.2, 0) is 16.1 Å². The third-order valence-electron chi connectivity index (χ3n) is 3.51. The first-order valence-electron chi connectivity index (χ1n) is 7.67. The van der Waals surface area contributed by atoms with E-state index in [2.05, 4.69) is 4.98 Å². The Balaban J connectivity index is 1.74. The summed E-state index contributed by atoms with van der Waals surface area (Å²) in [4.78, 5) is 30.7. The second kappa shape index (κ2) is 7.99. The average Bonchev–Trinajstić information content (AvgIpc) is 3.22. The van der Waals surface area contributed by atoms with Gasteiger partial charge in [0, 0.05) is 17.3 Å². The molecule has 8 heteroatoms. The molecule has 2 heterocycles. The van der Waals surface area contributed by atoms with E-state index in [1.807, 2.05) is 18.4 Å². The Labute approximate surface area is 163 Å². The molecule has 0 fully saturated rings. The summed E-state index contributed by atoms with van der Waals surface area (Å²) >= 11 is 8.67. The fourth-order valence-corrected chi connectivity index (χ4v) is 4.17. The summed E-state index contributed by atoms with van der Waals surface area (Å²) in [6.45, 7) is 3.37. The Hall–Kier alpha value is -2.22. The van der Waals surface area contributed by atoms with Crippen LogP contribution in [0.15, 0.2) is 41.1 Å². The van der Waals surface area contributed by atoms with Crippen molar-refractivity contribution in [1.82, 2.24) is 4.98 Å². The molecule has 2 aromatic heterocycles. The molecular formula is C18H15ClN2O3S2. The molecule has 0 radical (unpaired) electrons. The number of halogens is 1. The molecule has 0 saturated heterocycles. The van der Waals surface area contributed by atoms with Gasteiger partial charge in [-0.1, -0.05) is 17.7 Å². The van der Waals surface area contributed by atoms with Crippen LogP contribution in [0.5, 0.6) is 0 Å². The number of benzene rings is 1. The van der Waals surface area contributed by atoms with Crippen molar-refractivity contribution in [3.63, 3.8) is 0 Å². The monoisotopic (exact) mass is 406 g/mol. The Bertz CT molecular complexity index is 951. The average molecular weight is 407 g/mol. The number of nitrogens with zero attached hydrogens (tertiary/aromatic N) is 2. The predicted molar refractivity (Wildman–Crippen MR) is 105 cm³/mol. The smallest absolute Gasteiger partial charge is 0.348 e. The summed E-state index contributed by atoms with van der Waals surface area (Å²) in [5.41, 5.74) is 2.11. The van der Waals surface area contributed by atoms with Crippen molar-refractivity contribution in [1.29, 1.82) is 0 Å². The molecule has 3 aromatic rings. The molecule has 0 N–H and O–H groups in total. The largest absolute Gasteiger partial charge is 0.455 e. The standard InChI is InChI=1S/C18H15ClN2O3S2/c1-11-6-7-25-16(11)17(23)24-9-14-10-26-18(20-14)21(12(2)22)15-5-3-4-13(19)8-15/h3-8,10H,9H2,1-2H3. The van der Waals surface area contributed by atoms with Gasteiger partial charge >= 0.3 is 5.97 Å². The Morgan fingerprint density at radius 3 is 2.73 bits per heavy atom. The van der Waals surface area contributed by atoms with Crippen molar-refractivity contribution < 1.29 is 14.3 Å². The highest BCUT2D eigenvalue weighted by Gasteiger charge is 2.19. The first-order chi connectivity index (χ1) is 12.5. The van der Waals surface area contributed by atoms with Crippen molar-refractivity contribution in [2.24, 2.45) is 0 Å². The van der Waals surface area contributed by atoms with Gasteiger partial charge in [-0.25, -0.2) is 9.78 Å². The van der Waals surface area contributed by atoms with Crippen molar-refractivity contribution in [2.45, 2.75) is 20.5 Å². The van der Waals surface area contributed by atoms with E-state index in [-0.39, 0.29) is 18.5 Å². The molecule has 134 valence electrons. The summed E-state index contributed by atoms with van der Waals surface area (Å²) in [7, 11) is 0. The molecule has 0 aliphatic heterocycles. The molecule has 0 aliphatic rings. The normalized spacial score (nSPS) is 10.6. The maximum Gasteiger partial charge on any atom is 0.348 e. The van der Waals surface area contributed by atoms with Crippen LogP contribution >= 0.6 is 34.3 Å². The van der Waals surface area contributed by atoms with Gasteiger partial charge in [-0.3, -0.25) is 9.69 Å². The maximum absolute atomic E-state index is 12.1. The number of ether oxygens (including phenoxy) is 1. The number of esters is 1. The highest BCUT2D eigenvalue weighted by molar-refractivity contribution is 7.14. The van der Waals surface area contributed by atoms with Crippen LogP contribution in [-0.4, -0.2) is 16.9 Å². The van der Waals surface area contributed by atoms with E-state index in [1.54, 1.807) is 29.6 Å². The highest BCUT2D eigenvalue weighted by atomic mass is 35.5. The van der Waals surface area contributed by atoms with E-state index in [4.69, 9.17) is 16.3 Å². The molecule has 0 saturated carbocycles. The third-order valence-corrected chi connectivity index (χ3v) is 5.62. The lowest BCUT2D eigenvalue weighted by Crippen LogP contribution is -2.22. The Morgan fingerprint density at radius 1 is 1.27 bits per heavy atom. The fourth-order valence-electron chi connectivity index (χ4n) is 2.29. The van der Waals surface area contributed by atoms with E-state index < -0.39 is 0 Å². The van der Waals surface area contributed by atoms with E-state index in [1.165, 1.54) is 34.5 Å². The van der Waals surface area contributed by atoms with Crippen LogP contribution < -0.4 is 4.90 Å². The number of thiophene rings is 1. The van der Waals surface area contributed by atoms with E-state index in [9.17, 15) is 9.59 Å². The predicted octanol–water partition coefficient (Wildman–Crippen LogP) is 5.21. The molecule has 5 nitrogen and oxygen atoms in total. The van der Waals surface area contributed by atoms with Gasteiger partial charge in [0.05, 0.1) is 11.4 Å². The minimum Gasteiger partial charge on any atom is -0.455 e. The number of amides is 1. The maximum atomic E-state index is 12.1. The van der Waals surface area contributed by atoms with Crippen LogP contribution in [0.3, 0.4) is 0 Å². The number of hydrogen-bond donors (Lipinski definition) is 0. The number of anilines is 2. The minimum atomic E-state index is -0.370. The number of carbonyl (C=O) groups excluding carboxylic acids is 2. The number of hydrogen-bond acceptors (Lipinski definition) is 6. The lowest BCUT2D eigenvalue weighted by atomic mass is 10.3. The fraction of sp³-hybridized carbons (Fsp3) is 0.167. The molecule has 0 bridgehead atoms. The quantitative estimate of drug-likeness (QED) is 0.546. The van der Waals surface area contributed by atoms with Gasteiger partial charge in [-0.15, -0.1) is 22.7 Å². The molecule has 0 spiro atoms. The summed E-state index contributed by atoms with van der Waals surface area (Å²) in [5.74, 6) is -0.551. The van der Waals surface area contributed by atoms with E-state index >= 15 is 0 Å². The molecule has 1 aromatic carbocycles. The summed E-state index contributed by atoms with van der Waals surface area (Å²) in [5, 5.41) is 4.65. The van der Waals surface area contributed by atoms with Crippen molar-refractivity contribution in [3.8, 4) is 0 Å². The summed E-state index contributed by atoms with van der Waals surface area (Å²) in [6, 6.07) is 8.87. The topological polar surface area (TPSA) is 59.5 Å². The molecule has 26 heavy (non-hydrogen) atoms. The van der Waals surface area contributed by atoms with Crippen LogP contribution in [0, 0.1) is 6.92 Å². The molecule has 0 unspecified atom stereocenters. The Morgan fingerprint density at radius 2 is 2.08 bits per heavy atom. The summed E-state index contributed by atoms with van der Waals surface area (Å²) < 4.78 is 5.32. The van der Waals surface area contributed by atoms with Crippen LogP contribution in [0.2, 0.25) is 5.02 Å². The molecule has 0 aliphatic carbocycles. The van der Waals surface area contributed by atoms with Gasteiger partial charge < -0.3 is 4.74 Å². The van der Waals surface area contributed by atoms with Gasteiger partial charge in [0.25, 0.3) is 0 Å². The summed E-state index contributed by atoms with van der Waals surface area (Å²) in [6.07, 6.45) is 0. The van der Waals surface area contributed by atoms with Gasteiger partial charge in [-0.2, -0.15) is 0 Å². The van der Waals surface area contributed by atoms with Crippen molar-refractivity contribution in [3.05, 3.63) is 62.2 Å². The van der Waals surface area contributed by atoms with Gasteiger partial charge in [-0.05, 0) is 42.1 Å². The lowest BCUT2D eigenvalue weighted by molar-refractivity contribution is -0.115. The van der Waals surface area contributed by atoms with Gasteiger partial charge in [0.2, 0.25) is 5.91 Å². The second-order valence-corrected chi connectivity index (χ2v) is 7.65. The molecule has 0 atom stereocenters. The zero-order valence-electron chi connectivity index (χ0n) is 14.1. The van der Waals surface area contributed by atoms with E-state index in [0.29, 0.717) is 26.4 Å². The first-order valence-corrected chi connectivity index (χ1v) is 9.81. The molecular weight excluding hydrogens is 392 g/mol. The number of carbonyl (C=O) groups is 2. The third kappa shape index (κ3) is 4.12. The van der Waals surface area contributed by atoms with Gasteiger partial charge in [0.15, 0.2) is 5.13 Å². The molecule has 1 amide bonds. The van der Waals surface area contributed by atoms with Gasteiger partial charge in [0.1, 0.15) is 11.5 Å². The first kappa shape index (κ1) is 18.6. The number of aryl methyl sites for hydroxylation is 1. The van der Waals surface area contributed by atoms with Crippen LogP contribution in [0.4, 0.5) is 10.8 Å². The van der Waals surface area contributed by atoms with Crippen LogP contribution in [0.25, 0.3) is 0 Å². The van der Waals surface area contributed by atoms with Crippen molar-refractivity contribution in [2.75, 3.05) is 4.90 Å². The van der Waals surface area contributed by atoms with E-state index in [0.717, 1.165) is 5.56 Å². The number of rotatable bonds is 5. The second-order valence-electron chi connectivity index (χ2n) is 5.46. The zero-order chi connectivity index (χ0) is 18.7. The highest BCUT2D eigenvalue weighted by Crippen LogP contribution is 2.30. The molecule has 3 rings (SSSR count). The minimum absolute atomic E-state index is 0.0496. The lowest BCUT2D eigenvalue weighted by Gasteiger charge is -2.18.